The topological polar surface area (TPSA) is 8.82 Å². The van der Waals surface area contributed by atoms with Gasteiger partial charge in [0.05, 0.1) is 22.1 Å². The molecule has 0 radical (unpaired) electrons. The van der Waals surface area contributed by atoms with Gasteiger partial charge in [0.25, 0.3) is 0 Å². The molecule has 3 aromatic carbocycles. The Morgan fingerprint density at radius 1 is 0.531 bits per heavy atom. The van der Waals surface area contributed by atoms with E-state index < -0.39 is 0 Å². The van der Waals surface area contributed by atoms with Gasteiger partial charge < -0.3 is 8.80 Å². The van der Waals surface area contributed by atoms with E-state index in [4.69, 9.17) is 0 Å². The number of allylic oxidation sites excluding steroid dienone is 2. The van der Waals surface area contributed by atoms with Crippen molar-refractivity contribution in [3.63, 3.8) is 0 Å². The zero-order chi connectivity index (χ0) is 20.6. The molecule has 4 heterocycles. The second-order valence-electron chi connectivity index (χ2n) is 8.63. The van der Waals surface area contributed by atoms with E-state index in [1.165, 1.54) is 64.8 Å². The van der Waals surface area contributed by atoms with Gasteiger partial charge in [-0.2, -0.15) is 0 Å². The van der Waals surface area contributed by atoms with Gasteiger partial charge in [0.15, 0.2) is 0 Å². The smallest absolute Gasteiger partial charge is 0.105 e. The van der Waals surface area contributed by atoms with Crippen LogP contribution in [0.2, 0.25) is 0 Å². The van der Waals surface area contributed by atoms with Crippen molar-refractivity contribution in [2.45, 2.75) is 0 Å². The molecule has 0 saturated heterocycles. The van der Waals surface area contributed by atoms with Gasteiger partial charge in [-0.25, -0.2) is 0 Å². The van der Waals surface area contributed by atoms with E-state index in [0.29, 0.717) is 0 Å². The fraction of sp³-hybridized carbons (Fsp3) is 0. The molecule has 2 heteroatoms. The average molecular weight is 400 g/mol. The van der Waals surface area contributed by atoms with E-state index in [-0.39, 0.29) is 0 Å². The number of hydrogen-bond donors (Lipinski definition) is 0. The van der Waals surface area contributed by atoms with Crippen LogP contribution >= 0.6 is 0 Å². The normalized spacial score (nSPS) is 14.0. The van der Waals surface area contributed by atoms with Crippen molar-refractivity contribution in [3.8, 4) is 0 Å². The molecule has 0 spiro atoms. The first kappa shape index (κ1) is 15.2. The van der Waals surface area contributed by atoms with Crippen molar-refractivity contribution in [1.29, 1.82) is 0 Å². The highest BCUT2D eigenvalue weighted by atomic mass is 14.9. The lowest BCUT2D eigenvalue weighted by Gasteiger charge is -2.01. The fourth-order valence-corrected chi connectivity index (χ4v) is 6.20. The second-order valence-corrected chi connectivity index (χ2v) is 8.63. The van der Waals surface area contributed by atoms with Gasteiger partial charge in [0.1, 0.15) is 10.7 Å². The lowest BCUT2D eigenvalue weighted by Crippen LogP contribution is -2.25. The molecule has 0 amide bonds. The van der Waals surface area contributed by atoms with Gasteiger partial charge in [0, 0.05) is 42.8 Å². The maximum absolute atomic E-state index is 3.43. The Hall–Kier alpha value is -4.66. The molecule has 9 rings (SSSR count). The Morgan fingerprint density at radius 3 is 1.50 bits per heavy atom. The molecule has 0 aliphatic heterocycles. The predicted molar refractivity (Wildman–Crippen MR) is 131 cm³/mol. The number of para-hydroxylation sites is 2. The summed E-state index contributed by atoms with van der Waals surface area (Å²) in [5.41, 5.74) is 18.3. The summed E-state index contributed by atoms with van der Waals surface area (Å²) in [5.74, 6) is 0. The van der Waals surface area contributed by atoms with Crippen LogP contribution < -0.4 is 21.1 Å². The van der Waals surface area contributed by atoms with Gasteiger partial charge in [-0.15, -0.1) is 0 Å². The zero-order valence-electron chi connectivity index (χ0n) is 16.8. The van der Waals surface area contributed by atoms with Crippen molar-refractivity contribution in [2.75, 3.05) is 0 Å². The summed E-state index contributed by atoms with van der Waals surface area (Å²) in [4.78, 5) is 0. The summed E-state index contributed by atoms with van der Waals surface area (Å²) < 4.78 is 4.79. The molecule has 4 aromatic heterocycles. The SMILES string of the molecule is C1=C=c2c(c3c4c5ccccc5n5c6c(c(c7c8ccccc8n2c37)c45)=CC=C=C=6)=CC=1. The van der Waals surface area contributed by atoms with E-state index in [1.807, 2.05) is 12.2 Å². The molecule has 2 aliphatic rings. The quantitative estimate of drug-likeness (QED) is 0.345. The second kappa shape index (κ2) is 4.80. The largest absolute Gasteiger partial charge is 0.301 e. The van der Waals surface area contributed by atoms with Crippen LogP contribution in [0.3, 0.4) is 0 Å². The Kier molecular flexibility index (Phi) is 2.28. The van der Waals surface area contributed by atoms with Gasteiger partial charge in [-0.05, 0) is 47.9 Å². The van der Waals surface area contributed by atoms with E-state index >= 15 is 0 Å². The molecule has 0 N–H and O–H groups in total. The third-order valence-corrected chi connectivity index (χ3v) is 7.27. The highest BCUT2D eigenvalue weighted by molar-refractivity contribution is 6.36. The monoisotopic (exact) mass is 400 g/mol. The summed E-state index contributed by atoms with van der Waals surface area (Å²) in [6.45, 7) is 0. The molecule has 32 heavy (non-hydrogen) atoms. The minimum absolute atomic E-state index is 1.10. The highest BCUT2D eigenvalue weighted by Gasteiger charge is 2.26. The molecule has 0 unspecified atom stereocenters. The standard InChI is InChI=1S/C30H12N2/c1-5-13-21-17(9-1)25-26-18-10-2-7-15-23(18)32-24-16-8-4-12-20(24)28(30(26)32)27-19-11-3-6-14-22(19)31(21)29(25)27/h1-5,8-13,16H. The Morgan fingerprint density at radius 2 is 1.00 bits per heavy atom. The molecule has 2 nitrogen and oxygen atoms in total. The first-order valence-electron chi connectivity index (χ1n) is 10.8. The summed E-state index contributed by atoms with van der Waals surface area (Å²) in [6.07, 6.45) is 8.35. The van der Waals surface area contributed by atoms with Gasteiger partial charge in [-0.1, -0.05) is 47.9 Å². The number of rotatable bonds is 0. The van der Waals surface area contributed by atoms with Crippen LogP contribution in [-0.4, -0.2) is 8.80 Å². The molecule has 0 fully saturated rings. The van der Waals surface area contributed by atoms with Crippen molar-refractivity contribution >= 4 is 78.0 Å². The van der Waals surface area contributed by atoms with Crippen LogP contribution in [0.5, 0.6) is 0 Å². The molecule has 0 saturated carbocycles. The van der Waals surface area contributed by atoms with Gasteiger partial charge in [-0.3, -0.25) is 0 Å². The van der Waals surface area contributed by atoms with Crippen molar-refractivity contribution in [3.05, 3.63) is 93.3 Å². The number of aromatic nitrogens is 2. The van der Waals surface area contributed by atoms with E-state index in [0.717, 1.165) is 10.7 Å². The third-order valence-electron chi connectivity index (χ3n) is 7.27. The van der Waals surface area contributed by atoms with E-state index in [1.54, 1.807) is 0 Å². The average Bonchev–Trinajstić information content (AvgIpc) is 3.56. The Labute approximate surface area is 180 Å². The zero-order valence-corrected chi connectivity index (χ0v) is 16.8. The van der Waals surface area contributed by atoms with Crippen LogP contribution in [0.4, 0.5) is 0 Å². The maximum atomic E-state index is 3.43. The first-order chi connectivity index (χ1) is 15.9. The number of fused-ring (bicyclic) bond motifs is 14. The highest BCUT2D eigenvalue weighted by Crippen LogP contribution is 2.41. The molecule has 142 valence electrons. The fourth-order valence-electron chi connectivity index (χ4n) is 6.20. The lowest BCUT2D eigenvalue weighted by molar-refractivity contribution is 1.22. The molecular formula is C30H12N2. The summed E-state index contributed by atoms with van der Waals surface area (Å²) >= 11 is 0. The lowest BCUT2D eigenvalue weighted by atomic mass is 9.99. The number of hydrogen-bond acceptors (Lipinski definition) is 0. The van der Waals surface area contributed by atoms with Crippen molar-refractivity contribution in [1.82, 2.24) is 8.80 Å². The molecular weight excluding hydrogens is 388 g/mol. The Balaban J connectivity index is 1.90. The van der Waals surface area contributed by atoms with Crippen molar-refractivity contribution in [2.24, 2.45) is 0 Å². The van der Waals surface area contributed by atoms with E-state index in [2.05, 4.69) is 92.4 Å². The summed E-state index contributed by atoms with van der Waals surface area (Å²) in [7, 11) is 0. The van der Waals surface area contributed by atoms with Crippen LogP contribution in [0.15, 0.2) is 72.1 Å². The van der Waals surface area contributed by atoms with Crippen LogP contribution in [0.25, 0.3) is 78.0 Å². The minimum atomic E-state index is 1.10. The predicted octanol–water partition coefficient (Wildman–Crippen LogP) is 3.45. The van der Waals surface area contributed by atoms with Crippen LogP contribution in [-0.2, 0) is 0 Å². The molecule has 7 aromatic rings. The van der Waals surface area contributed by atoms with E-state index in [9.17, 15) is 0 Å². The van der Waals surface area contributed by atoms with Gasteiger partial charge >= 0.3 is 0 Å². The summed E-state index contributed by atoms with van der Waals surface area (Å²) in [6, 6.07) is 17.5. The molecule has 0 atom stereocenters. The maximum Gasteiger partial charge on any atom is 0.105 e. The molecule has 0 bridgehead atoms. The first-order valence-corrected chi connectivity index (χ1v) is 10.8. The minimum Gasteiger partial charge on any atom is -0.301 e. The third kappa shape index (κ3) is 1.41. The number of benzene rings is 3. The number of nitrogens with zero attached hydrogens (tertiary/aromatic N) is 2. The van der Waals surface area contributed by atoms with Crippen LogP contribution in [0, 0.1) is 0 Å². The van der Waals surface area contributed by atoms with Crippen molar-refractivity contribution < 1.29 is 0 Å². The van der Waals surface area contributed by atoms with Gasteiger partial charge in [0.2, 0.25) is 0 Å². The summed E-state index contributed by atoms with van der Waals surface area (Å²) in [5, 5.41) is 12.5. The molecule has 2 aliphatic carbocycles. The Bertz CT molecular complexity index is 2260. The van der Waals surface area contributed by atoms with Crippen LogP contribution in [0.1, 0.15) is 0 Å².